The van der Waals surface area contributed by atoms with Gasteiger partial charge >= 0.3 is 0 Å². The van der Waals surface area contributed by atoms with Crippen LogP contribution in [-0.2, 0) is 4.74 Å². The first kappa shape index (κ1) is 24.9. The molecule has 38 heavy (non-hydrogen) atoms. The number of ether oxygens (including phenoxy) is 1. The molecule has 2 heterocycles. The minimum atomic E-state index is -0.397. The second-order valence-corrected chi connectivity index (χ2v) is 8.86. The van der Waals surface area contributed by atoms with Gasteiger partial charge in [-0.3, -0.25) is 14.4 Å². The molecule has 2 amide bonds. The van der Waals surface area contributed by atoms with Gasteiger partial charge in [-0.05, 0) is 79.7 Å². The van der Waals surface area contributed by atoms with Crippen LogP contribution in [0, 0.1) is 6.92 Å². The van der Waals surface area contributed by atoms with Crippen LogP contribution >= 0.6 is 0 Å². The third-order valence-electron chi connectivity index (χ3n) is 6.18. The predicted molar refractivity (Wildman–Crippen MR) is 143 cm³/mol. The third kappa shape index (κ3) is 5.79. The van der Waals surface area contributed by atoms with Gasteiger partial charge in [0.2, 0.25) is 0 Å². The van der Waals surface area contributed by atoms with Crippen LogP contribution in [0.5, 0.6) is 0 Å². The molecule has 1 aromatic heterocycles. The van der Waals surface area contributed by atoms with Gasteiger partial charge in [-0.2, -0.15) is 0 Å². The zero-order valence-electron chi connectivity index (χ0n) is 20.8. The maximum atomic E-state index is 12.9. The Bertz CT molecular complexity index is 1440. The molecular weight excluding hydrogens is 484 g/mol. The lowest BCUT2D eigenvalue weighted by Crippen LogP contribution is -2.36. The first-order chi connectivity index (χ1) is 18.5. The molecule has 1 aliphatic heterocycles. The molecule has 1 saturated heterocycles. The number of carbonyl (C=O) groups is 3. The summed E-state index contributed by atoms with van der Waals surface area (Å²) in [5.74, 6) is -0.256. The molecule has 1 aliphatic rings. The number of hydrogen-bond acceptors (Lipinski definition) is 7. The Balaban J connectivity index is 1.17. The van der Waals surface area contributed by atoms with Crippen molar-refractivity contribution in [1.82, 2.24) is 5.16 Å². The van der Waals surface area contributed by atoms with Crippen molar-refractivity contribution in [2.75, 3.05) is 41.8 Å². The first-order valence-electron chi connectivity index (χ1n) is 12.2. The summed E-state index contributed by atoms with van der Waals surface area (Å²) in [4.78, 5) is 40.0. The maximum Gasteiger partial charge on any atom is 0.277 e. The van der Waals surface area contributed by atoms with E-state index in [0.717, 1.165) is 18.8 Å². The van der Waals surface area contributed by atoms with Crippen LogP contribution in [0.2, 0.25) is 0 Å². The highest BCUT2D eigenvalue weighted by atomic mass is 16.5. The molecule has 0 aliphatic carbocycles. The lowest BCUT2D eigenvalue weighted by molar-refractivity contribution is 0.101. The van der Waals surface area contributed by atoms with Gasteiger partial charge in [0.1, 0.15) is 5.76 Å². The molecule has 9 heteroatoms. The molecule has 4 aromatic rings. The zero-order chi connectivity index (χ0) is 26.5. The second-order valence-electron chi connectivity index (χ2n) is 8.86. The number of morpholine rings is 1. The monoisotopic (exact) mass is 510 g/mol. The van der Waals surface area contributed by atoms with Crippen LogP contribution in [0.15, 0.2) is 83.4 Å². The summed E-state index contributed by atoms with van der Waals surface area (Å²) in [7, 11) is 0. The highest BCUT2D eigenvalue weighted by Crippen LogP contribution is 2.20. The standard InChI is InChI=1S/C29H26N4O5/c1-19-18-26(32-38-19)29(36)31-24-10-4-21(5-11-24)27(34)20-2-8-23(9-3-20)30-28(35)22-6-12-25(13-7-22)33-14-16-37-17-15-33/h2-13,18H,14-17H2,1H3,(H,30,35)(H,31,36). The van der Waals surface area contributed by atoms with E-state index >= 15 is 0 Å². The van der Waals surface area contributed by atoms with E-state index in [2.05, 4.69) is 20.7 Å². The van der Waals surface area contributed by atoms with Crippen molar-refractivity contribution >= 4 is 34.7 Å². The average molecular weight is 511 g/mol. The van der Waals surface area contributed by atoms with Crippen molar-refractivity contribution in [1.29, 1.82) is 0 Å². The topological polar surface area (TPSA) is 114 Å². The number of aryl methyl sites for hydroxylation is 1. The van der Waals surface area contributed by atoms with Gasteiger partial charge in [-0.15, -0.1) is 0 Å². The minimum Gasteiger partial charge on any atom is -0.378 e. The lowest BCUT2D eigenvalue weighted by Gasteiger charge is -2.28. The normalized spacial score (nSPS) is 13.1. The number of carbonyl (C=O) groups excluding carboxylic acids is 3. The van der Waals surface area contributed by atoms with Gasteiger partial charge in [0.05, 0.1) is 13.2 Å². The van der Waals surface area contributed by atoms with E-state index in [1.54, 1.807) is 73.7 Å². The molecule has 0 unspecified atom stereocenters. The molecule has 0 atom stereocenters. The maximum absolute atomic E-state index is 12.9. The summed E-state index contributed by atoms with van der Waals surface area (Å²) in [6.07, 6.45) is 0. The number of aromatic nitrogens is 1. The lowest BCUT2D eigenvalue weighted by atomic mass is 10.0. The van der Waals surface area contributed by atoms with Crippen LogP contribution in [0.3, 0.4) is 0 Å². The molecule has 0 spiro atoms. The fourth-order valence-electron chi connectivity index (χ4n) is 4.09. The summed E-state index contributed by atoms with van der Waals surface area (Å²) in [5, 5.41) is 9.27. The van der Waals surface area contributed by atoms with E-state index in [4.69, 9.17) is 9.26 Å². The molecule has 0 bridgehead atoms. The van der Waals surface area contributed by atoms with Crippen molar-refractivity contribution in [3.05, 3.63) is 107 Å². The van der Waals surface area contributed by atoms with Gasteiger partial charge in [-0.1, -0.05) is 5.16 Å². The number of benzene rings is 3. The largest absolute Gasteiger partial charge is 0.378 e. The number of nitrogens with zero attached hydrogens (tertiary/aromatic N) is 2. The molecular formula is C29H26N4O5. The van der Waals surface area contributed by atoms with Gasteiger partial charge in [0.25, 0.3) is 11.8 Å². The van der Waals surface area contributed by atoms with E-state index in [-0.39, 0.29) is 17.4 Å². The van der Waals surface area contributed by atoms with Crippen molar-refractivity contribution in [2.45, 2.75) is 6.92 Å². The molecule has 2 N–H and O–H groups in total. The molecule has 5 rings (SSSR count). The number of ketones is 1. The van der Waals surface area contributed by atoms with E-state index in [9.17, 15) is 14.4 Å². The minimum absolute atomic E-state index is 0.174. The molecule has 1 fully saturated rings. The Morgan fingerprint density at radius 2 is 1.26 bits per heavy atom. The highest BCUT2D eigenvalue weighted by molar-refractivity contribution is 6.10. The number of hydrogen-bond donors (Lipinski definition) is 2. The van der Waals surface area contributed by atoms with Crippen molar-refractivity contribution in [3.8, 4) is 0 Å². The third-order valence-corrected chi connectivity index (χ3v) is 6.18. The van der Waals surface area contributed by atoms with Crippen molar-refractivity contribution in [3.63, 3.8) is 0 Å². The van der Waals surface area contributed by atoms with Crippen molar-refractivity contribution in [2.24, 2.45) is 0 Å². The molecule has 0 saturated carbocycles. The molecule has 192 valence electrons. The Kier molecular flexibility index (Phi) is 7.28. The van der Waals surface area contributed by atoms with Crippen LogP contribution in [0.25, 0.3) is 0 Å². The Morgan fingerprint density at radius 3 is 1.79 bits per heavy atom. The van der Waals surface area contributed by atoms with Crippen LogP contribution < -0.4 is 15.5 Å². The van der Waals surface area contributed by atoms with Crippen LogP contribution in [0.1, 0.15) is 42.5 Å². The Labute approximate surface area is 219 Å². The van der Waals surface area contributed by atoms with Gasteiger partial charge < -0.3 is 24.8 Å². The van der Waals surface area contributed by atoms with E-state index in [0.29, 0.717) is 47.0 Å². The molecule has 3 aromatic carbocycles. The summed E-state index contributed by atoms with van der Waals surface area (Å²) in [6, 6.07) is 22.3. The summed E-state index contributed by atoms with van der Waals surface area (Å²) >= 11 is 0. The molecule has 0 radical (unpaired) electrons. The van der Waals surface area contributed by atoms with E-state index < -0.39 is 5.91 Å². The average Bonchev–Trinajstić information content (AvgIpc) is 3.40. The SMILES string of the molecule is Cc1cc(C(=O)Nc2ccc(C(=O)c3ccc(NC(=O)c4ccc(N5CCOCC5)cc4)cc3)cc2)no1. The smallest absolute Gasteiger partial charge is 0.277 e. The van der Waals surface area contributed by atoms with E-state index in [1.807, 2.05) is 12.1 Å². The second kappa shape index (κ2) is 11.1. The number of rotatable bonds is 7. The fourth-order valence-corrected chi connectivity index (χ4v) is 4.09. The van der Waals surface area contributed by atoms with E-state index in [1.165, 1.54) is 0 Å². The van der Waals surface area contributed by atoms with Crippen LogP contribution in [0.4, 0.5) is 17.1 Å². The van der Waals surface area contributed by atoms with Crippen LogP contribution in [-0.4, -0.2) is 49.1 Å². The quantitative estimate of drug-likeness (QED) is 0.351. The van der Waals surface area contributed by atoms with Gasteiger partial charge in [-0.25, -0.2) is 0 Å². The van der Waals surface area contributed by atoms with Gasteiger partial charge in [0.15, 0.2) is 11.5 Å². The Hall–Kier alpha value is -4.76. The zero-order valence-corrected chi connectivity index (χ0v) is 20.8. The highest BCUT2D eigenvalue weighted by Gasteiger charge is 2.15. The summed E-state index contributed by atoms with van der Waals surface area (Å²) in [6.45, 7) is 4.78. The number of nitrogens with one attached hydrogen (secondary N) is 2. The summed E-state index contributed by atoms with van der Waals surface area (Å²) < 4.78 is 10.3. The summed E-state index contributed by atoms with van der Waals surface area (Å²) in [5.41, 5.74) is 3.86. The predicted octanol–water partition coefficient (Wildman–Crippen LogP) is 4.56. The van der Waals surface area contributed by atoms with Gasteiger partial charge in [0, 0.05) is 52.9 Å². The van der Waals surface area contributed by atoms with Crippen molar-refractivity contribution < 1.29 is 23.6 Å². The fraction of sp³-hybridized carbons (Fsp3) is 0.172. The Morgan fingerprint density at radius 1 is 0.737 bits per heavy atom. The number of amides is 2. The molecule has 9 nitrogen and oxygen atoms in total. The number of anilines is 3. The first-order valence-corrected chi connectivity index (χ1v) is 12.2.